The Kier molecular flexibility index (Phi) is 7.44. The monoisotopic (exact) mass is 430 g/mol. The average Bonchev–Trinajstić information content (AvgIpc) is 3.10. The zero-order valence-electron chi connectivity index (χ0n) is 15.6. The molecule has 0 fully saturated rings. The first kappa shape index (κ1) is 22.5. The minimum Gasteiger partial charge on any atom is -0.495 e. The summed E-state index contributed by atoms with van der Waals surface area (Å²) >= 11 is 5.61. The van der Waals surface area contributed by atoms with E-state index in [1.165, 1.54) is 13.2 Å². The number of alkyl halides is 4. The van der Waals surface area contributed by atoms with Gasteiger partial charge in [0.15, 0.2) is 0 Å². The zero-order chi connectivity index (χ0) is 21.6. The van der Waals surface area contributed by atoms with Gasteiger partial charge in [0.05, 0.1) is 24.8 Å². The lowest BCUT2D eigenvalue weighted by Gasteiger charge is -2.11. The number of hydrogen-bond acceptors (Lipinski definition) is 5. The molecule has 0 saturated carbocycles. The molecule has 1 aromatic carbocycles. The standard InChI is InChI=1S/C19H18ClF3N2O4/c1-12-10-25(11-24-12)15-6-5-13(9-16(15)28-2)8-14(4-3-7-20)17(26)29-18(27)19(21,22)23/h5-6,8-11H,3-4,7H2,1-2H3/b14-8-. The predicted molar refractivity (Wildman–Crippen MR) is 99.9 cm³/mol. The second-order valence-corrected chi connectivity index (χ2v) is 6.37. The Hall–Kier alpha value is -2.81. The number of carbonyl (C=O) groups is 2. The van der Waals surface area contributed by atoms with Crippen LogP contribution in [0.25, 0.3) is 11.8 Å². The number of aromatic nitrogens is 2. The van der Waals surface area contributed by atoms with E-state index in [1.807, 2.05) is 6.92 Å². The summed E-state index contributed by atoms with van der Waals surface area (Å²) in [6.45, 7) is 1.83. The summed E-state index contributed by atoms with van der Waals surface area (Å²) in [5, 5.41) is 0. The number of rotatable bonds is 7. The minimum absolute atomic E-state index is 0.0399. The number of halogens is 4. The van der Waals surface area contributed by atoms with Crippen LogP contribution in [0, 0.1) is 6.92 Å². The van der Waals surface area contributed by atoms with Crippen LogP contribution in [0.5, 0.6) is 5.75 Å². The maximum atomic E-state index is 12.4. The highest BCUT2D eigenvalue weighted by Crippen LogP contribution is 2.27. The summed E-state index contributed by atoms with van der Waals surface area (Å²) in [7, 11) is 1.46. The molecular weight excluding hydrogens is 413 g/mol. The lowest BCUT2D eigenvalue weighted by molar-refractivity contribution is -0.200. The van der Waals surface area contributed by atoms with Gasteiger partial charge in [-0.25, -0.2) is 14.6 Å². The molecule has 6 nitrogen and oxygen atoms in total. The summed E-state index contributed by atoms with van der Waals surface area (Å²) in [6, 6.07) is 4.95. The van der Waals surface area contributed by atoms with Crippen LogP contribution in [0.4, 0.5) is 13.2 Å². The van der Waals surface area contributed by atoms with Gasteiger partial charge >= 0.3 is 18.1 Å². The molecule has 156 valence electrons. The molecule has 0 aliphatic heterocycles. The molecule has 29 heavy (non-hydrogen) atoms. The Bertz CT molecular complexity index is 922. The van der Waals surface area contributed by atoms with Crippen molar-refractivity contribution in [2.24, 2.45) is 0 Å². The van der Waals surface area contributed by atoms with E-state index < -0.39 is 18.1 Å². The smallest absolute Gasteiger partial charge is 0.491 e. The Morgan fingerprint density at radius 3 is 2.59 bits per heavy atom. The molecule has 1 heterocycles. The highest BCUT2D eigenvalue weighted by Gasteiger charge is 2.42. The third-order valence-electron chi connectivity index (χ3n) is 3.79. The molecule has 0 N–H and O–H groups in total. The molecule has 0 aliphatic rings. The topological polar surface area (TPSA) is 70.4 Å². The lowest BCUT2D eigenvalue weighted by atomic mass is 10.1. The molecule has 0 aliphatic carbocycles. The second-order valence-electron chi connectivity index (χ2n) is 5.99. The SMILES string of the molecule is COc1cc(/C=C(/CCCCl)C(=O)OC(=O)C(F)(F)F)ccc1-n1cnc(C)c1. The molecule has 0 bridgehead atoms. The zero-order valence-corrected chi connectivity index (χ0v) is 16.4. The number of benzene rings is 1. The van der Waals surface area contributed by atoms with Gasteiger partial charge in [0.2, 0.25) is 0 Å². The van der Waals surface area contributed by atoms with Crippen molar-refractivity contribution in [3.8, 4) is 11.4 Å². The van der Waals surface area contributed by atoms with E-state index in [1.54, 1.807) is 35.3 Å². The summed E-state index contributed by atoms with van der Waals surface area (Å²) in [6.07, 6.45) is -0.177. The fourth-order valence-electron chi connectivity index (χ4n) is 2.45. The van der Waals surface area contributed by atoms with Crippen LogP contribution in [-0.2, 0) is 14.3 Å². The van der Waals surface area contributed by atoms with E-state index in [-0.39, 0.29) is 17.9 Å². The van der Waals surface area contributed by atoms with E-state index >= 15 is 0 Å². The Balaban J connectivity index is 2.34. The van der Waals surface area contributed by atoms with Crippen molar-refractivity contribution in [3.05, 3.63) is 47.6 Å². The normalized spacial score (nSPS) is 12.0. The Labute approximate surface area is 169 Å². The molecular formula is C19H18ClF3N2O4. The number of imidazole rings is 1. The van der Waals surface area contributed by atoms with Crippen LogP contribution in [-0.4, -0.2) is 40.7 Å². The second kappa shape index (κ2) is 9.60. The fraction of sp³-hybridized carbons (Fsp3) is 0.316. The highest BCUT2D eigenvalue weighted by atomic mass is 35.5. The Morgan fingerprint density at radius 2 is 2.03 bits per heavy atom. The van der Waals surface area contributed by atoms with Gasteiger partial charge in [-0.3, -0.25) is 0 Å². The van der Waals surface area contributed by atoms with Gasteiger partial charge in [0, 0.05) is 17.6 Å². The summed E-state index contributed by atoms with van der Waals surface area (Å²) in [5.74, 6) is -3.30. The van der Waals surface area contributed by atoms with E-state index in [0.717, 1.165) is 5.69 Å². The molecule has 10 heteroatoms. The number of carbonyl (C=O) groups excluding carboxylic acids is 2. The first-order valence-corrected chi connectivity index (χ1v) is 8.98. The molecule has 0 saturated heterocycles. The van der Waals surface area contributed by atoms with Crippen molar-refractivity contribution >= 4 is 29.6 Å². The molecule has 0 atom stereocenters. The van der Waals surface area contributed by atoms with Gasteiger partial charge in [-0.1, -0.05) is 6.07 Å². The summed E-state index contributed by atoms with van der Waals surface area (Å²) in [4.78, 5) is 27.2. The third kappa shape index (κ3) is 6.08. The van der Waals surface area contributed by atoms with Gasteiger partial charge in [0.25, 0.3) is 0 Å². The summed E-state index contributed by atoms with van der Waals surface area (Å²) < 4.78 is 48.1. The van der Waals surface area contributed by atoms with Crippen LogP contribution < -0.4 is 4.74 Å². The van der Waals surface area contributed by atoms with Gasteiger partial charge in [-0.15, -0.1) is 11.6 Å². The van der Waals surface area contributed by atoms with Crippen LogP contribution in [0.1, 0.15) is 24.1 Å². The maximum absolute atomic E-state index is 12.4. The molecule has 0 radical (unpaired) electrons. The Morgan fingerprint density at radius 1 is 1.31 bits per heavy atom. The number of nitrogens with zero attached hydrogens (tertiary/aromatic N) is 2. The van der Waals surface area contributed by atoms with E-state index in [9.17, 15) is 22.8 Å². The molecule has 2 rings (SSSR count). The van der Waals surface area contributed by atoms with Crippen molar-refractivity contribution in [2.45, 2.75) is 25.9 Å². The largest absolute Gasteiger partial charge is 0.495 e. The van der Waals surface area contributed by atoms with E-state index in [2.05, 4.69) is 9.72 Å². The highest BCUT2D eigenvalue weighted by molar-refractivity contribution is 6.17. The van der Waals surface area contributed by atoms with Crippen molar-refractivity contribution < 1.29 is 32.2 Å². The first-order valence-electron chi connectivity index (χ1n) is 8.44. The number of ether oxygens (including phenoxy) is 2. The van der Waals surface area contributed by atoms with E-state index in [0.29, 0.717) is 23.4 Å². The molecule has 0 unspecified atom stereocenters. The summed E-state index contributed by atoms with van der Waals surface area (Å²) in [5.41, 5.74) is 1.85. The predicted octanol–water partition coefficient (Wildman–Crippen LogP) is 4.22. The fourth-order valence-corrected chi connectivity index (χ4v) is 2.58. The molecule has 0 spiro atoms. The van der Waals surface area contributed by atoms with E-state index in [4.69, 9.17) is 16.3 Å². The molecule has 1 aromatic heterocycles. The van der Waals surface area contributed by atoms with Crippen molar-refractivity contribution in [1.29, 1.82) is 0 Å². The maximum Gasteiger partial charge on any atom is 0.491 e. The van der Waals surface area contributed by atoms with Gasteiger partial charge < -0.3 is 14.0 Å². The van der Waals surface area contributed by atoms with Crippen molar-refractivity contribution in [3.63, 3.8) is 0 Å². The number of hydrogen-bond donors (Lipinski definition) is 0. The van der Waals surface area contributed by atoms with Crippen LogP contribution in [0.2, 0.25) is 0 Å². The van der Waals surface area contributed by atoms with Gasteiger partial charge in [-0.05, 0) is 43.5 Å². The van der Waals surface area contributed by atoms with Crippen LogP contribution in [0.15, 0.2) is 36.3 Å². The average molecular weight is 431 g/mol. The quantitative estimate of drug-likeness (QED) is 0.284. The first-order chi connectivity index (χ1) is 13.7. The van der Waals surface area contributed by atoms with Gasteiger partial charge in [-0.2, -0.15) is 13.2 Å². The van der Waals surface area contributed by atoms with Crippen LogP contribution >= 0.6 is 11.6 Å². The van der Waals surface area contributed by atoms with Crippen LogP contribution in [0.3, 0.4) is 0 Å². The molecule has 0 amide bonds. The number of aryl methyl sites for hydroxylation is 1. The number of methoxy groups -OCH3 is 1. The number of esters is 2. The van der Waals surface area contributed by atoms with Crippen molar-refractivity contribution in [2.75, 3.05) is 13.0 Å². The minimum atomic E-state index is -5.26. The lowest BCUT2D eigenvalue weighted by Crippen LogP contribution is -2.28. The molecule has 2 aromatic rings. The third-order valence-corrected chi connectivity index (χ3v) is 4.06. The van der Waals surface area contributed by atoms with Crippen molar-refractivity contribution in [1.82, 2.24) is 9.55 Å². The van der Waals surface area contributed by atoms with Gasteiger partial charge in [0.1, 0.15) is 5.75 Å².